The third-order valence-corrected chi connectivity index (χ3v) is 8.31. The number of fused-ring (bicyclic) bond motifs is 1. The van der Waals surface area contributed by atoms with Crippen LogP contribution in [-0.2, 0) is 19.2 Å². The summed E-state index contributed by atoms with van der Waals surface area (Å²) in [5.41, 5.74) is 4.04. The van der Waals surface area contributed by atoms with Gasteiger partial charge < -0.3 is 26.6 Å². The number of ketones is 1. The van der Waals surface area contributed by atoms with E-state index in [2.05, 4.69) is 29.8 Å². The van der Waals surface area contributed by atoms with Crippen molar-refractivity contribution in [2.45, 2.75) is 105 Å². The Labute approximate surface area is 220 Å². The van der Waals surface area contributed by atoms with Crippen LogP contribution in [0.2, 0.25) is 0 Å². The lowest BCUT2D eigenvalue weighted by atomic mass is 9.80. The van der Waals surface area contributed by atoms with E-state index in [4.69, 9.17) is 5.73 Å². The van der Waals surface area contributed by atoms with Gasteiger partial charge in [-0.3, -0.25) is 19.2 Å². The van der Waals surface area contributed by atoms with Gasteiger partial charge in [-0.1, -0.05) is 53.9 Å². The maximum Gasteiger partial charge on any atom is 0.315 e. The van der Waals surface area contributed by atoms with Crippen molar-refractivity contribution in [3.05, 3.63) is 0 Å². The molecule has 5 atom stereocenters. The van der Waals surface area contributed by atoms with Gasteiger partial charge in [0.05, 0.1) is 6.04 Å². The van der Waals surface area contributed by atoms with Crippen LogP contribution >= 0.6 is 0 Å². The Morgan fingerprint density at radius 1 is 1.00 bits per heavy atom. The molecule has 3 aliphatic rings. The van der Waals surface area contributed by atoms with E-state index in [9.17, 15) is 24.0 Å². The molecule has 0 aromatic rings. The molecule has 0 aromatic carbocycles. The van der Waals surface area contributed by atoms with E-state index in [0.29, 0.717) is 13.0 Å². The Morgan fingerprint density at radius 2 is 1.59 bits per heavy atom. The van der Waals surface area contributed by atoms with E-state index < -0.39 is 52.7 Å². The summed E-state index contributed by atoms with van der Waals surface area (Å²) < 4.78 is 0. The second kappa shape index (κ2) is 9.91. The number of nitrogens with zero attached hydrogens (tertiary/aromatic N) is 1. The van der Waals surface area contributed by atoms with Gasteiger partial charge in [0.25, 0.3) is 5.91 Å². The normalized spacial score (nSPS) is 26.3. The number of urea groups is 1. The number of likely N-dealkylation sites (tertiary alicyclic amines) is 1. The number of piperidine rings is 1. The van der Waals surface area contributed by atoms with Crippen molar-refractivity contribution in [3.8, 4) is 0 Å². The molecule has 3 rings (SSSR count). The Balaban J connectivity index is 1.83. The van der Waals surface area contributed by atoms with Crippen LogP contribution < -0.4 is 21.7 Å². The van der Waals surface area contributed by atoms with E-state index >= 15 is 0 Å². The molecule has 5 amide bonds. The highest BCUT2D eigenvalue weighted by molar-refractivity contribution is 6.37. The van der Waals surface area contributed by atoms with E-state index in [1.54, 1.807) is 4.90 Å². The maximum absolute atomic E-state index is 13.9. The molecule has 1 unspecified atom stereocenters. The number of amides is 5. The SMILES string of the molecule is CC(C)(C)N[13C](=O)N[C@H]([13C](=O)N1C[C@H]2[C@@H]([C@H]1C(=O)NC(CC1CCC1)C(=O)[13C](N)=O)C2(C)C)C(C)(C)C. The van der Waals surface area contributed by atoms with Crippen LogP contribution in [0.4, 0.5) is 4.79 Å². The lowest BCUT2D eigenvalue weighted by Gasteiger charge is -2.38. The van der Waals surface area contributed by atoms with Gasteiger partial charge in [0.2, 0.25) is 17.6 Å². The molecule has 208 valence electrons. The first-order valence-electron chi connectivity index (χ1n) is 13.4. The van der Waals surface area contributed by atoms with Crippen molar-refractivity contribution in [2.75, 3.05) is 6.54 Å². The standard InChI is InChI=1S/C27H45N5O5/c1-25(2,3)20(30-24(37)31-26(4,5)6)23(36)32-13-15-17(27(15,7)8)18(32)22(35)29-16(19(33)21(28)34)12-14-10-9-11-14/h14-18,20H,9-13H2,1-8H3,(H2,28,34)(H,29,35)(H2,30,31,37)/t15-,16?,17-,18-,20+/m0/s1/i21+1,23+1,24+1. The molecule has 10 nitrogen and oxygen atoms in total. The topological polar surface area (TPSA) is 151 Å². The molecule has 0 aromatic heterocycles. The number of hydrogen-bond donors (Lipinski definition) is 4. The molecule has 2 aliphatic carbocycles. The number of nitrogens with one attached hydrogen (secondary N) is 3. The van der Waals surface area contributed by atoms with Gasteiger partial charge in [-0.2, -0.15) is 0 Å². The summed E-state index contributed by atoms with van der Waals surface area (Å²) in [6.45, 7) is 15.7. The third kappa shape index (κ3) is 6.26. The molecular formula is C27H45N5O5. The summed E-state index contributed by atoms with van der Waals surface area (Å²) in [7, 11) is 0. The fourth-order valence-corrected chi connectivity index (χ4v) is 5.86. The van der Waals surface area contributed by atoms with Crippen LogP contribution in [0.3, 0.4) is 0 Å². The largest absolute Gasteiger partial charge is 0.363 e. The minimum atomic E-state index is -1.07. The van der Waals surface area contributed by atoms with Crippen LogP contribution in [-0.4, -0.2) is 64.6 Å². The predicted octanol–water partition coefficient (Wildman–Crippen LogP) is 1.71. The van der Waals surface area contributed by atoms with Gasteiger partial charge >= 0.3 is 6.03 Å². The molecule has 37 heavy (non-hydrogen) atoms. The Bertz CT molecular complexity index is 959. The van der Waals surface area contributed by atoms with Crippen molar-refractivity contribution in [3.63, 3.8) is 0 Å². The molecule has 5 N–H and O–H groups in total. The first-order valence-corrected chi connectivity index (χ1v) is 13.4. The summed E-state index contributed by atoms with van der Waals surface area (Å²) in [5, 5.41) is 8.44. The molecule has 1 aliphatic heterocycles. The van der Waals surface area contributed by atoms with E-state index in [-0.39, 0.29) is 29.1 Å². The summed E-state index contributed by atoms with van der Waals surface area (Å²) in [6.07, 6.45) is 3.31. The highest BCUT2D eigenvalue weighted by atomic mass is 16.2. The maximum atomic E-state index is 13.9. The second-order valence-electron chi connectivity index (χ2n) is 13.9. The van der Waals surface area contributed by atoms with Crippen LogP contribution in [0.25, 0.3) is 0 Å². The van der Waals surface area contributed by atoms with Gasteiger partial charge in [0, 0.05) is 12.1 Å². The lowest BCUT2D eigenvalue weighted by molar-refractivity contribution is -0.145. The number of primary amides is 1. The predicted molar refractivity (Wildman–Crippen MR) is 139 cm³/mol. The molecule has 0 spiro atoms. The number of nitrogens with two attached hydrogens (primary N) is 1. The minimum Gasteiger partial charge on any atom is -0.363 e. The second-order valence-corrected chi connectivity index (χ2v) is 13.9. The first kappa shape index (κ1) is 28.9. The van der Waals surface area contributed by atoms with Gasteiger partial charge in [-0.05, 0) is 55.8 Å². The van der Waals surface area contributed by atoms with Crippen LogP contribution in [0.5, 0.6) is 0 Å². The number of Topliss-reactive ketones (excluding diaryl/α,β-unsaturated/α-hetero) is 1. The van der Waals surface area contributed by atoms with Crippen molar-refractivity contribution in [1.82, 2.24) is 20.9 Å². The lowest BCUT2D eigenvalue weighted by Crippen LogP contribution is -2.62. The molecule has 1 heterocycles. The number of rotatable bonds is 8. The van der Waals surface area contributed by atoms with Gasteiger partial charge in [0.1, 0.15) is 12.1 Å². The molecule has 3 fully saturated rings. The van der Waals surface area contributed by atoms with Crippen molar-refractivity contribution in [2.24, 2.45) is 34.3 Å². The van der Waals surface area contributed by atoms with Crippen LogP contribution in [0.1, 0.15) is 81.1 Å². The van der Waals surface area contributed by atoms with E-state index in [1.165, 1.54) is 0 Å². The Morgan fingerprint density at radius 3 is 2.05 bits per heavy atom. The zero-order valence-electron chi connectivity index (χ0n) is 23.6. The summed E-state index contributed by atoms with van der Waals surface area (Å²) in [4.78, 5) is 66.1. The summed E-state index contributed by atoms with van der Waals surface area (Å²) >= 11 is 0. The minimum absolute atomic E-state index is 0.0755. The first-order chi connectivity index (χ1) is 16.8. The number of hydrogen-bond acceptors (Lipinski definition) is 5. The van der Waals surface area contributed by atoms with E-state index in [1.807, 2.05) is 41.5 Å². The van der Waals surface area contributed by atoms with E-state index in [0.717, 1.165) is 19.3 Å². The molecule has 0 bridgehead atoms. The average Bonchev–Trinajstić information content (AvgIpc) is 3.06. The average molecular weight is 523 g/mol. The highest BCUT2D eigenvalue weighted by Gasteiger charge is 2.70. The monoisotopic (exact) mass is 522 g/mol. The third-order valence-electron chi connectivity index (χ3n) is 8.31. The smallest absolute Gasteiger partial charge is 0.315 e. The van der Waals surface area contributed by atoms with Crippen molar-refractivity contribution < 1.29 is 24.0 Å². The van der Waals surface area contributed by atoms with Gasteiger partial charge in [0.15, 0.2) is 0 Å². The van der Waals surface area contributed by atoms with Crippen LogP contribution in [0, 0.1) is 28.6 Å². The van der Waals surface area contributed by atoms with Gasteiger partial charge in [-0.15, -0.1) is 0 Å². The number of carbonyl (C=O) groups is 5. The molecule has 10 heteroatoms. The molecular weight excluding hydrogens is 477 g/mol. The fraction of sp³-hybridized carbons (Fsp3) is 0.815. The molecule has 1 saturated heterocycles. The summed E-state index contributed by atoms with van der Waals surface area (Å²) in [5.74, 6) is -2.35. The molecule has 0 radical (unpaired) electrons. The number of carbonyl (C=O) groups excluding carboxylic acids is 5. The van der Waals surface area contributed by atoms with Crippen molar-refractivity contribution >= 4 is 29.5 Å². The van der Waals surface area contributed by atoms with Crippen LogP contribution in [0.15, 0.2) is 0 Å². The Kier molecular flexibility index (Phi) is 7.74. The van der Waals surface area contributed by atoms with Gasteiger partial charge in [-0.25, -0.2) is 4.79 Å². The highest BCUT2D eigenvalue weighted by Crippen LogP contribution is 2.65. The fourth-order valence-electron chi connectivity index (χ4n) is 5.86. The zero-order chi connectivity index (χ0) is 28.1. The zero-order valence-corrected chi connectivity index (χ0v) is 23.6. The van der Waals surface area contributed by atoms with Crippen molar-refractivity contribution in [1.29, 1.82) is 0 Å². The summed E-state index contributed by atoms with van der Waals surface area (Å²) in [6, 6.07) is -3.13. The molecule has 2 saturated carbocycles. The Hall–Kier alpha value is -2.65. The quantitative estimate of drug-likeness (QED) is 0.283.